The molecule has 0 unspecified atom stereocenters. The van der Waals surface area contributed by atoms with E-state index >= 15 is 0 Å². The molecule has 0 atom stereocenters. The summed E-state index contributed by atoms with van der Waals surface area (Å²) in [7, 11) is 0. The molecule has 2 nitrogen and oxygen atoms in total. The van der Waals surface area contributed by atoms with Crippen molar-refractivity contribution in [3.8, 4) is 0 Å². The van der Waals surface area contributed by atoms with Crippen LogP contribution in [0.2, 0.25) is 0 Å². The Morgan fingerprint density at radius 2 is 2.67 bits per heavy atom. The monoisotopic (exact) mass is 85.1 g/mol. The Hall–Kier alpha value is -0.370. The van der Waals surface area contributed by atoms with Gasteiger partial charge in [-0.15, -0.1) is 0 Å². The first-order valence-electron chi connectivity index (χ1n) is 2.26. The quantitative estimate of drug-likeness (QED) is 0.352. The highest BCUT2D eigenvalue weighted by Crippen LogP contribution is 1.62. The fourth-order valence-corrected chi connectivity index (χ4v) is 0.509. The van der Waals surface area contributed by atoms with Crippen molar-refractivity contribution in [3.63, 3.8) is 0 Å². The van der Waals surface area contributed by atoms with E-state index in [0.29, 0.717) is 0 Å². The van der Waals surface area contributed by atoms with E-state index in [-0.39, 0.29) is 0 Å². The maximum Gasteiger partial charge on any atom is 0.194 e. The van der Waals surface area contributed by atoms with Crippen LogP contribution in [0.25, 0.3) is 0 Å². The maximum atomic E-state index is 3.14. The highest BCUT2D eigenvalue weighted by Gasteiger charge is 1.91. The van der Waals surface area contributed by atoms with Crippen LogP contribution in [0.5, 0.6) is 0 Å². The molecule has 0 fully saturated rings. The molecule has 2 heteroatoms. The van der Waals surface area contributed by atoms with E-state index in [9.17, 15) is 0 Å². The summed E-state index contributed by atoms with van der Waals surface area (Å²) in [6, 6.07) is 0. The van der Waals surface area contributed by atoms with Gasteiger partial charge in [0.15, 0.2) is 6.67 Å². The predicted molar refractivity (Wildman–Crippen MR) is 24.5 cm³/mol. The normalized spacial score (nSPS) is 21.3. The molecular weight excluding hydrogens is 76.1 g/mol. The number of hydrogen-bond donors (Lipinski definition) is 2. The van der Waals surface area contributed by atoms with E-state index < -0.39 is 0 Å². The Bertz CT molecular complexity index is 50.6. The minimum atomic E-state index is 0.944. The third-order valence-electron chi connectivity index (χ3n) is 0.837. The second kappa shape index (κ2) is 1.92. The Morgan fingerprint density at radius 1 is 1.67 bits per heavy atom. The Morgan fingerprint density at radius 3 is 2.83 bits per heavy atom. The van der Waals surface area contributed by atoms with Crippen LogP contribution in [-0.2, 0) is 0 Å². The van der Waals surface area contributed by atoms with Crippen LogP contribution in [0.1, 0.15) is 6.42 Å². The van der Waals surface area contributed by atoms with Gasteiger partial charge in [0.05, 0.1) is 0 Å². The van der Waals surface area contributed by atoms with Crippen LogP contribution in [0.4, 0.5) is 0 Å². The molecule has 1 heterocycles. The molecule has 1 aliphatic heterocycles. The first kappa shape index (κ1) is 3.81. The van der Waals surface area contributed by atoms with E-state index in [0.717, 1.165) is 19.6 Å². The Labute approximate surface area is 37.3 Å². The van der Waals surface area contributed by atoms with Crippen LogP contribution in [0.3, 0.4) is 0 Å². The molecule has 1 rings (SSSR count). The van der Waals surface area contributed by atoms with Crippen LogP contribution in [-0.4, -0.2) is 19.4 Å². The van der Waals surface area contributed by atoms with Gasteiger partial charge in [-0.1, -0.05) is 0 Å². The number of hydrogen-bond acceptors (Lipinski definition) is 1. The van der Waals surface area contributed by atoms with Gasteiger partial charge < -0.3 is 0 Å². The summed E-state index contributed by atoms with van der Waals surface area (Å²) in [4.78, 5) is 3.05. The van der Waals surface area contributed by atoms with Gasteiger partial charge in [-0.25, -0.2) is 4.99 Å². The first-order valence-corrected chi connectivity index (χ1v) is 2.26. The topological polar surface area (TPSA) is 26.0 Å². The molecule has 2 N–H and O–H groups in total. The van der Waals surface area contributed by atoms with Gasteiger partial charge in [-0.05, 0) is 0 Å². The van der Waals surface area contributed by atoms with Crippen molar-refractivity contribution in [2.45, 2.75) is 6.42 Å². The van der Waals surface area contributed by atoms with Gasteiger partial charge >= 0.3 is 0 Å². The third kappa shape index (κ3) is 0.792. The fourth-order valence-electron chi connectivity index (χ4n) is 0.509. The van der Waals surface area contributed by atoms with E-state index in [2.05, 4.69) is 16.5 Å². The summed E-state index contributed by atoms with van der Waals surface area (Å²) < 4.78 is 0. The SMILES string of the molecule is C1=[NH+]CNCC1. The van der Waals surface area contributed by atoms with Crippen molar-refractivity contribution < 1.29 is 4.99 Å². The van der Waals surface area contributed by atoms with Crippen LogP contribution in [0.15, 0.2) is 0 Å². The van der Waals surface area contributed by atoms with Gasteiger partial charge in [0.1, 0.15) is 6.21 Å². The van der Waals surface area contributed by atoms with Crippen LogP contribution in [0, 0.1) is 0 Å². The zero-order chi connectivity index (χ0) is 4.24. The largest absolute Gasteiger partial charge is 0.261 e. The summed E-state index contributed by atoms with van der Waals surface area (Å²) in [6.45, 7) is 2.08. The van der Waals surface area contributed by atoms with E-state index in [1.807, 2.05) is 0 Å². The van der Waals surface area contributed by atoms with Crippen molar-refractivity contribution in [1.82, 2.24) is 5.32 Å². The van der Waals surface area contributed by atoms with Crippen LogP contribution >= 0.6 is 0 Å². The fraction of sp³-hybridized carbons (Fsp3) is 0.750. The molecule has 0 amide bonds. The molecule has 0 aliphatic carbocycles. The lowest BCUT2D eigenvalue weighted by atomic mass is 10.4. The third-order valence-corrected chi connectivity index (χ3v) is 0.837. The average Bonchev–Trinajstić information content (AvgIpc) is 1.72. The summed E-state index contributed by atoms with van der Waals surface area (Å²) in [5, 5.41) is 3.14. The lowest BCUT2D eigenvalue weighted by Crippen LogP contribution is -2.75. The van der Waals surface area contributed by atoms with Gasteiger partial charge in [-0.3, -0.25) is 5.32 Å². The molecule has 34 valence electrons. The van der Waals surface area contributed by atoms with Gasteiger partial charge in [0, 0.05) is 13.0 Å². The lowest BCUT2D eigenvalue weighted by molar-refractivity contribution is -0.463. The molecule has 0 aromatic carbocycles. The van der Waals surface area contributed by atoms with Crippen molar-refractivity contribution in [3.05, 3.63) is 0 Å². The number of rotatable bonds is 0. The molecule has 6 heavy (non-hydrogen) atoms. The summed E-state index contributed by atoms with van der Waals surface area (Å²) in [6.07, 6.45) is 3.23. The summed E-state index contributed by atoms with van der Waals surface area (Å²) in [5.74, 6) is 0. The predicted octanol–water partition coefficient (Wildman–Crippen LogP) is -1.91. The van der Waals surface area contributed by atoms with Gasteiger partial charge in [0.2, 0.25) is 0 Å². The molecule has 0 aromatic rings. The average molecular weight is 85.1 g/mol. The zero-order valence-corrected chi connectivity index (χ0v) is 3.70. The Kier molecular flexibility index (Phi) is 1.22. The zero-order valence-electron chi connectivity index (χ0n) is 3.70. The maximum absolute atomic E-state index is 3.14. The van der Waals surface area contributed by atoms with Crippen molar-refractivity contribution in [2.75, 3.05) is 13.2 Å². The van der Waals surface area contributed by atoms with Gasteiger partial charge in [-0.2, -0.15) is 0 Å². The Balaban J connectivity index is 2.26. The molecular formula is C4H9N2+. The van der Waals surface area contributed by atoms with Gasteiger partial charge in [0.25, 0.3) is 0 Å². The lowest BCUT2D eigenvalue weighted by Gasteiger charge is -1.95. The second-order valence-corrected chi connectivity index (χ2v) is 1.37. The molecule has 0 bridgehead atoms. The molecule has 0 saturated carbocycles. The molecule has 1 aliphatic rings. The molecule has 0 saturated heterocycles. The highest BCUT2D eigenvalue weighted by atomic mass is 15.0. The molecule has 0 aromatic heterocycles. The van der Waals surface area contributed by atoms with Crippen molar-refractivity contribution in [1.29, 1.82) is 0 Å². The van der Waals surface area contributed by atoms with Crippen LogP contribution < -0.4 is 10.3 Å². The second-order valence-electron chi connectivity index (χ2n) is 1.37. The minimum absolute atomic E-state index is 0.944. The molecule has 0 spiro atoms. The summed E-state index contributed by atoms with van der Waals surface area (Å²) in [5.41, 5.74) is 0. The van der Waals surface area contributed by atoms with Crippen molar-refractivity contribution in [2.24, 2.45) is 0 Å². The number of nitrogens with one attached hydrogen (secondary N) is 2. The highest BCUT2D eigenvalue weighted by molar-refractivity contribution is 5.50. The minimum Gasteiger partial charge on any atom is -0.261 e. The van der Waals surface area contributed by atoms with E-state index in [4.69, 9.17) is 0 Å². The first-order chi connectivity index (χ1) is 3.00. The molecule has 0 radical (unpaired) electrons. The summed E-state index contributed by atoms with van der Waals surface area (Å²) >= 11 is 0. The smallest absolute Gasteiger partial charge is 0.194 e. The van der Waals surface area contributed by atoms with Crippen molar-refractivity contribution >= 4 is 6.21 Å². The van der Waals surface area contributed by atoms with E-state index in [1.165, 1.54) is 0 Å². The van der Waals surface area contributed by atoms with E-state index in [1.54, 1.807) is 0 Å². The standard InChI is InChI=1S/C4H8N2/c1-2-5-4-6-3-1/h2,6H,1,3-4H2/p+1.